The van der Waals surface area contributed by atoms with Gasteiger partial charge in [-0.2, -0.15) is 0 Å². The van der Waals surface area contributed by atoms with Gasteiger partial charge in [-0.1, -0.05) is 18.2 Å². The first-order chi connectivity index (χ1) is 14.9. The van der Waals surface area contributed by atoms with Gasteiger partial charge in [0, 0.05) is 36.7 Å². The first-order valence-electron chi connectivity index (χ1n) is 9.76. The lowest BCUT2D eigenvalue weighted by Crippen LogP contribution is -2.30. The number of anilines is 3. The molecule has 0 atom stereocenters. The van der Waals surface area contributed by atoms with Crippen LogP contribution >= 0.6 is 0 Å². The summed E-state index contributed by atoms with van der Waals surface area (Å²) in [6, 6.07) is 21.4. The summed E-state index contributed by atoms with van der Waals surface area (Å²) in [4.78, 5) is 28.4. The largest absolute Gasteiger partial charge is 0.497 e. The number of ether oxygens (including phenoxy) is 1. The quantitative estimate of drug-likeness (QED) is 0.605. The van der Waals surface area contributed by atoms with E-state index in [1.54, 1.807) is 36.3 Å². The lowest BCUT2D eigenvalue weighted by atomic mass is 10.1. The number of benzene rings is 3. The summed E-state index contributed by atoms with van der Waals surface area (Å²) >= 11 is 0. The smallest absolute Gasteiger partial charge is 0.316 e. The number of amides is 3. The maximum atomic E-state index is 13.5. The highest BCUT2D eigenvalue weighted by atomic mass is 16.5. The van der Waals surface area contributed by atoms with E-state index in [1.807, 2.05) is 67.5 Å². The van der Waals surface area contributed by atoms with Crippen LogP contribution in [0.2, 0.25) is 0 Å². The van der Waals surface area contributed by atoms with Crippen LogP contribution < -0.4 is 25.6 Å². The first kappa shape index (κ1) is 21.7. The van der Waals surface area contributed by atoms with Crippen molar-refractivity contribution in [2.45, 2.75) is 6.54 Å². The van der Waals surface area contributed by atoms with Crippen LogP contribution in [0.25, 0.3) is 0 Å². The molecule has 0 bridgehead atoms. The fourth-order valence-corrected chi connectivity index (χ4v) is 3.15. The Morgan fingerprint density at radius 1 is 0.935 bits per heavy atom. The number of nitrogens with one attached hydrogen (secondary N) is 1. The van der Waals surface area contributed by atoms with Crippen molar-refractivity contribution >= 4 is 29.0 Å². The minimum Gasteiger partial charge on any atom is -0.497 e. The Balaban J connectivity index is 1.94. The number of nitrogens with zero attached hydrogens (tertiary/aromatic N) is 2. The molecule has 3 aromatic carbocycles. The lowest BCUT2D eigenvalue weighted by Gasteiger charge is -2.24. The van der Waals surface area contributed by atoms with Gasteiger partial charge in [-0.15, -0.1) is 0 Å². The molecule has 0 aromatic heterocycles. The molecule has 7 heteroatoms. The molecule has 0 aliphatic heterocycles. The van der Waals surface area contributed by atoms with E-state index in [2.05, 4.69) is 5.32 Å². The molecule has 0 saturated heterocycles. The Kier molecular flexibility index (Phi) is 6.77. The average molecular weight is 418 g/mol. The van der Waals surface area contributed by atoms with E-state index < -0.39 is 6.03 Å². The van der Waals surface area contributed by atoms with E-state index in [0.29, 0.717) is 23.5 Å². The molecular formula is C24H26N4O3. The molecule has 31 heavy (non-hydrogen) atoms. The maximum Gasteiger partial charge on any atom is 0.316 e. The SMILES string of the molecule is COc1ccc(N(Cc2ccc(N(C)C)cc2)C(=O)c2cccc(NC(N)=O)c2)cc1. The molecule has 3 N–H and O–H groups in total. The van der Waals surface area contributed by atoms with Crippen LogP contribution in [0.15, 0.2) is 72.8 Å². The second-order valence-corrected chi connectivity index (χ2v) is 7.22. The normalized spacial score (nSPS) is 10.3. The number of carbonyl (C=O) groups is 2. The molecule has 3 aromatic rings. The zero-order valence-electron chi connectivity index (χ0n) is 17.8. The summed E-state index contributed by atoms with van der Waals surface area (Å²) in [7, 11) is 5.56. The van der Waals surface area contributed by atoms with Crippen molar-refractivity contribution in [3.63, 3.8) is 0 Å². The average Bonchev–Trinajstić information content (AvgIpc) is 2.77. The van der Waals surface area contributed by atoms with Crippen LogP contribution in [-0.4, -0.2) is 33.1 Å². The molecule has 0 fully saturated rings. The second-order valence-electron chi connectivity index (χ2n) is 7.22. The Bertz CT molecular complexity index is 1050. The zero-order chi connectivity index (χ0) is 22.4. The van der Waals surface area contributed by atoms with Gasteiger partial charge in [0.05, 0.1) is 13.7 Å². The fraction of sp³-hybridized carbons (Fsp3) is 0.167. The number of hydrogen-bond donors (Lipinski definition) is 2. The van der Waals surface area contributed by atoms with Crippen LogP contribution in [0, 0.1) is 0 Å². The van der Waals surface area contributed by atoms with E-state index in [9.17, 15) is 9.59 Å². The predicted octanol–water partition coefficient (Wildman–Crippen LogP) is 4.10. The van der Waals surface area contributed by atoms with Gasteiger partial charge in [0.1, 0.15) is 5.75 Å². The molecule has 0 spiro atoms. The molecular weight excluding hydrogens is 392 g/mol. The Labute approximate surface area is 182 Å². The summed E-state index contributed by atoms with van der Waals surface area (Å²) in [5.41, 5.74) is 8.90. The van der Waals surface area contributed by atoms with E-state index in [0.717, 1.165) is 16.9 Å². The third-order valence-corrected chi connectivity index (χ3v) is 4.80. The highest BCUT2D eigenvalue weighted by Crippen LogP contribution is 2.25. The van der Waals surface area contributed by atoms with Crippen LogP contribution in [-0.2, 0) is 6.54 Å². The Hall–Kier alpha value is -4.00. The van der Waals surface area contributed by atoms with Crippen LogP contribution in [0.5, 0.6) is 5.75 Å². The molecule has 0 heterocycles. The number of rotatable bonds is 7. The van der Waals surface area contributed by atoms with Crippen molar-refractivity contribution in [2.75, 3.05) is 36.3 Å². The van der Waals surface area contributed by atoms with Gasteiger partial charge >= 0.3 is 6.03 Å². The van der Waals surface area contributed by atoms with Gasteiger partial charge in [0.15, 0.2) is 0 Å². The molecule has 0 aliphatic rings. The van der Waals surface area contributed by atoms with E-state index in [-0.39, 0.29) is 5.91 Å². The van der Waals surface area contributed by atoms with Crippen molar-refractivity contribution < 1.29 is 14.3 Å². The highest BCUT2D eigenvalue weighted by Gasteiger charge is 2.19. The Morgan fingerprint density at radius 2 is 1.58 bits per heavy atom. The van der Waals surface area contributed by atoms with Crippen LogP contribution in [0.1, 0.15) is 15.9 Å². The minimum absolute atomic E-state index is 0.199. The van der Waals surface area contributed by atoms with E-state index in [4.69, 9.17) is 10.5 Å². The van der Waals surface area contributed by atoms with Crippen LogP contribution in [0.4, 0.5) is 21.9 Å². The molecule has 0 aliphatic carbocycles. The number of carbonyl (C=O) groups excluding carboxylic acids is 2. The topological polar surface area (TPSA) is 87.9 Å². The summed E-state index contributed by atoms with van der Waals surface area (Å²) in [5.74, 6) is 0.508. The molecule has 7 nitrogen and oxygen atoms in total. The molecule has 0 saturated carbocycles. The lowest BCUT2D eigenvalue weighted by molar-refractivity contribution is 0.0985. The fourth-order valence-electron chi connectivity index (χ4n) is 3.15. The van der Waals surface area contributed by atoms with Crippen molar-refractivity contribution in [3.8, 4) is 5.75 Å². The molecule has 0 radical (unpaired) electrons. The molecule has 160 valence electrons. The van der Waals surface area contributed by atoms with E-state index in [1.165, 1.54) is 0 Å². The standard InChI is InChI=1S/C24H26N4O3/c1-27(2)20-9-7-17(8-10-20)16-28(21-11-13-22(31-3)14-12-21)23(29)18-5-4-6-19(15-18)26-24(25)30/h4-15H,16H2,1-3H3,(H3,25,26,30). The van der Waals surface area contributed by atoms with Gasteiger partial charge in [-0.05, 0) is 60.2 Å². The van der Waals surface area contributed by atoms with Gasteiger partial charge < -0.3 is 25.6 Å². The highest BCUT2D eigenvalue weighted by molar-refractivity contribution is 6.07. The van der Waals surface area contributed by atoms with Crippen molar-refractivity contribution in [2.24, 2.45) is 5.73 Å². The molecule has 0 unspecified atom stereocenters. The number of urea groups is 1. The summed E-state index contributed by atoms with van der Waals surface area (Å²) in [6.07, 6.45) is 0. The summed E-state index contributed by atoms with van der Waals surface area (Å²) in [5, 5.41) is 2.51. The second kappa shape index (κ2) is 9.67. The van der Waals surface area contributed by atoms with Gasteiger partial charge in [0.25, 0.3) is 5.91 Å². The third-order valence-electron chi connectivity index (χ3n) is 4.80. The minimum atomic E-state index is -0.683. The maximum absolute atomic E-state index is 13.5. The third kappa shape index (κ3) is 5.54. The zero-order valence-corrected chi connectivity index (χ0v) is 17.8. The van der Waals surface area contributed by atoms with Gasteiger partial charge in [-0.25, -0.2) is 4.79 Å². The summed E-state index contributed by atoms with van der Waals surface area (Å²) in [6.45, 7) is 0.381. The van der Waals surface area contributed by atoms with E-state index >= 15 is 0 Å². The van der Waals surface area contributed by atoms with Crippen molar-refractivity contribution in [1.29, 1.82) is 0 Å². The summed E-state index contributed by atoms with van der Waals surface area (Å²) < 4.78 is 5.24. The molecule has 3 rings (SSSR count). The number of nitrogens with two attached hydrogens (primary N) is 1. The number of methoxy groups -OCH3 is 1. The monoisotopic (exact) mass is 418 g/mol. The number of primary amides is 1. The van der Waals surface area contributed by atoms with Gasteiger partial charge in [0.2, 0.25) is 0 Å². The van der Waals surface area contributed by atoms with Crippen molar-refractivity contribution in [3.05, 3.63) is 83.9 Å². The van der Waals surface area contributed by atoms with Gasteiger partial charge in [-0.3, -0.25) is 4.79 Å². The molecule has 3 amide bonds. The van der Waals surface area contributed by atoms with Crippen molar-refractivity contribution in [1.82, 2.24) is 0 Å². The first-order valence-corrected chi connectivity index (χ1v) is 9.76. The Morgan fingerprint density at radius 3 is 2.16 bits per heavy atom. The van der Waals surface area contributed by atoms with Crippen LogP contribution in [0.3, 0.4) is 0 Å². The predicted molar refractivity (Wildman–Crippen MR) is 124 cm³/mol. The number of hydrogen-bond acceptors (Lipinski definition) is 4.